The Kier molecular flexibility index (Phi) is 4.38. The van der Waals surface area contributed by atoms with Gasteiger partial charge < -0.3 is 9.84 Å². The summed E-state index contributed by atoms with van der Waals surface area (Å²) in [5, 5.41) is 13.0. The van der Waals surface area contributed by atoms with Gasteiger partial charge in [-0.2, -0.15) is 0 Å². The number of hydrogen-bond donors (Lipinski definition) is 1. The molecular formula is C11H11ClN2O3S2. The zero-order chi connectivity index (χ0) is 14.0. The normalized spacial score (nSPS) is 10.9. The highest BCUT2D eigenvalue weighted by atomic mass is 35.5. The number of thiophene rings is 1. The second-order valence-corrected chi connectivity index (χ2v) is 6.52. The van der Waals surface area contributed by atoms with Crippen LogP contribution in [0, 0.1) is 0 Å². The number of carboxylic acids is 1. The number of ether oxygens (including phenoxy) is 1. The summed E-state index contributed by atoms with van der Waals surface area (Å²) in [6.07, 6.45) is 0. The molecule has 2 heterocycles. The lowest BCUT2D eigenvalue weighted by Gasteiger charge is -2.02. The maximum atomic E-state index is 11.2. The zero-order valence-corrected chi connectivity index (χ0v) is 12.6. The second-order valence-electron chi connectivity index (χ2n) is 4.08. The van der Waals surface area contributed by atoms with E-state index in [9.17, 15) is 4.79 Å². The van der Waals surface area contributed by atoms with Crippen molar-refractivity contribution in [2.75, 3.05) is 0 Å². The number of halogens is 1. The molecule has 0 radical (unpaired) electrons. The van der Waals surface area contributed by atoms with Crippen LogP contribution < -0.4 is 4.74 Å². The molecule has 0 aliphatic rings. The number of carbonyl (C=O) groups is 1. The lowest BCUT2D eigenvalue weighted by molar-refractivity contribution is 0.0697. The van der Waals surface area contributed by atoms with Crippen molar-refractivity contribution in [3.05, 3.63) is 25.9 Å². The molecule has 0 aliphatic carbocycles. The topological polar surface area (TPSA) is 72.3 Å². The van der Waals surface area contributed by atoms with Crippen LogP contribution in [-0.4, -0.2) is 20.7 Å². The molecule has 0 saturated heterocycles. The molecule has 19 heavy (non-hydrogen) atoms. The number of hydrogen-bond acceptors (Lipinski definition) is 6. The van der Waals surface area contributed by atoms with Gasteiger partial charge in [-0.3, -0.25) is 0 Å². The molecule has 2 aromatic rings. The highest BCUT2D eigenvalue weighted by molar-refractivity contribution is 7.14. The summed E-state index contributed by atoms with van der Waals surface area (Å²) >= 11 is 8.16. The van der Waals surface area contributed by atoms with E-state index in [0.29, 0.717) is 15.8 Å². The van der Waals surface area contributed by atoms with E-state index in [1.807, 2.05) is 13.8 Å². The summed E-state index contributed by atoms with van der Waals surface area (Å²) in [5.41, 5.74) is 0.514. The summed E-state index contributed by atoms with van der Waals surface area (Å²) < 4.78 is 9.65. The molecule has 0 spiro atoms. The first-order valence-corrected chi connectivity index (χ1v) is 7.42. The molecule has 0 bridgehead atoms. The summed E-state index contributed by atoms with van der Waals surface area (Å²) in [5.74, 6) is -0.385. The lowest BCUT2D eigenvalue weighted by atomic mass is 10.2. The van der Waals surface area contributed by atoms with Crippen LogP contribution in [0.5, 0.6) is 5.75 Å². The van der Waals surface area contributed by atoms with Crippen LogP contribution in [-0.2, 0) is 6.61 Å². The van der Waals surface area contributed by atoms with Crippen molar-refractivity contribution in [2.45, 2.75) is 26.4 Å². The van der Waals surface area contributed by atoms with Crippen LogP contribution >= 0.6 is 34.5 Å². The van der Waals surface area contributed by atoms with Crippen molar-refractivity contribution in [2.24, 2.45) is 0 Å². The Hall–Kier alpha value is -1.18. The summed E-state index contributed by atoms with van der Waals surface area (Å²) in [4.78, 5) is 12.3. The van der Waals surface area contributed by atoms with E-state index in [-0.39, 0.29) is 17.4 Å². The molecule has 102 valence electrons. The van der Waals surface area contributed by atoms with Gasteiger partial charge in [-0.15, -0.1) is 16.4 Å². The first-order valence-electron chi connectivity index (χ1n) is 5.45. The van der Waals surface area contributed by atoms with Gasteiger partial charge in [-0.25, -0.2) is 4.79 Å². The smallest absolute Gasteiger partial charge is 0.349 e. The fraction of sp³-hybridized carbons (Fsp3) is 0.364. The largest absolute Gasteiger partial charge is 0.485 e. The molecule has 0 amide bonds. The third kappa shape index (κ3) is 3.23. The maximum absolute atomic E-state index is 11.2. The lowest BCUT2D eigenvalue weighted by Crippen LogP contribution is -2.00. The van der Waals surface area contributed by atoms with Crippen molar-refractivity contribution in [3.63, 3.8) is 0 Å². The van der Waals surface area contributed by atoms with Gasteiger partial charge in [0.15, 0.2) is 4.88 Å². The van der Waals surface area contributed by atoms with Crippen LogP contribution in [0.15, 0.2) is 6.07 Å². The van der Waals surface area contributed by atoms with Crippen LogP contribution in [0.3, 0.4) is 0 Å². The molecule has 0 aromatic carbocycles. The van der Waals surface area contributed by atoms with Crippen molar-refractivity contribution < 1.29 is 14.6 Å². The SMILES string of the molecule is CC(C)c1cc(OCc2nnsc2Cl)c(C(=O)O)s1. The van der Waals surface area contributed by atoms with Crippen LogP contribution in [0.25, 0.3) is 0 Å². The molecule has 0 fully saturated rings. The minimum absolute atomic E-state index is 0.115. The number of rotatable bonds is 5. The Balaban J connectivity index is 2.19. The molecule has 0 unspecified atom stereocenters. The molecule has 2 rings (SSSR count). The summed E-state index contributed by atoms with van der Waals surface area (Å²) in [7, 11) is 0. The first kappa shape index (κ1) is 14.2. The number of aromatic nitrogens is 2. The number of carboxylic acid groups (broad SMARTS) is 1. The van der Waals surface area contributed by atoms with Crippen LogP contribution in [0.1, 0.15) is 40.0 Å². The van der Waals surface area contributed by atoms with Gasteiger partial charge in [-0.05, 0) is 12.0 Å². The average molecular weight is 319 g/mol. The molecule has 0 atom stereocenters. The molecule has 0 aliphatic heterocycles. The summed E-state index contributed by atoms with van der Waals surface area (Å²) in [6, 6.07) is 1.76. The third-order valence-corrected chi connectivity index (χ3v) is 4.74. The maximum Gasteiger partial charge on any atom is 0.349 e. The number of nitrogens with zero attached hydrogens (tertiary/aromatic N) is 2. The average Bonchev–Trinajstić information content (AvgIpc) is 2.92. The molecule has 0 saturated carbocycles. The Morgan fingerprint density at radius 2 is 2.32 bits per heavy atom. The van der Waals surface area contributed by atoms with E-state index in [4.69, 9.17) is 21.4 Å². The molecule has 8 heteroatoms. The minimum Gasteiger partial charge on any atom is -0.485 e. The first-order chi connectivity index (χ1) is 8.99. The molecular weight excluding hydrogens is 308 g/mol. The van der Waals surface area contributed by atoms with E-state index in [1.165, 1.54) is 11.3 Å². The van der Waals surface area contributed by atoms with Gasteiger partial charge in [-0.1, -0.05) is 29.9 Å². The highest BCUT2D eigenvalue weighted by Crippen LogP contribution is 2.34. The van der Waals surface area contributed by atoms with Gasteiger partial charge in [0.1, 0.15) is 22.4 Å². The van der Waals surface area contributed by atoms with Crippen LogP contribution in [0.4, 0.5) is 0 Å². The fourth-order valence-corrected chi connectivity index (χ4v) is 2.91. The Morgan fingerprint density at radius 3 is 2.84 bits per heavy atom. The van der Waals surface area contributed by atoms with E-state index in [1.54, 1.807) is 6.07 Å². The third-order valence-electron chi connectivity index (χ3n) is 2.35. The molecule has 5 nitrogen and oxygen atoms in total. The van der Waals surface area contributed by atoms with Crippen molar-refractivity contribution >= 4 is 40.4 Å². The van der Waals surface area contributed by atoms with Gasteiger partial charge in [0.25, 0.3) is 0 Å². The summed E-state index contributed by atoms with van der Waals surface area (Å²) in [6.45, 7) is 4.12. The predicted molar refractivity (Wildman–Crippen MR) is 74.6 cm³/mol. The standard InChI is InChI=1S/C11H11ClN2O3S2/c1-5(2)8-3-7(9(18-8)11(15)16)17-4-6-10(12)19-14-13-6/h3,5H,4H2,1-2H3,(H,15,16). The van der Waals surface area contributed by atoms with Gasteiger partial charge in [0.05, 0.1) is 0 Å². The van der Waals surface area contributed by atoms with E-state index in [2.05, 4.69) is 9.59 Å². The quantitative estimate of drug-likeness (QED) is 0.911. The highest BCUT2D eigenvalue weighted by Gasteiger charge is 2.19. The van der Waals surface area contributed by atoms with Gasteiger partial charge >= 0.3 is 5.97 Å². The predicted octanol–water partition coefficient (Wildman–Crippen LogP) is 3.65. The van der Waals surface area contributed by atoms with Crippen molar-refractivity contribution in [3.8, 4) is 5.75 Å². The van der Waals surface area contributed by atoms with Crippen LogP contribution in [0.2, 0.25) is 4.34 Å². The molecule has 1 N–H and O–H groups in total. The van der Waals surface area contributed by atoms with Crippen molar-refractivity contribution in [1.82, 2.24) is 9.59 Å². The van der Waals surface area contributed by atoms with E-state index in [0.717, 1.165) is 16.4 Å². The van der Waals surface area contributed by atoms with E-state index < -0.39 is 5.97 Å². The Bertz CT molecular complexity index is 595. The number of aromatic carboxylic acids is 1. The van der Waals surface area contributed by atoms with Crippen molar-refractivity contribution in [1.29, 1.82) is 0 Å². The second kappa shape index (κ2) is 5.85. The molecule has 2 aromatic heterocycles. The minimum atomic E-state index is -0.991. The zero-order valence-electron chi connectivity index (χ0n) is 10.2. The fourth-order valence-electron chi connectivity index (χ4n) is 1.36. The van der Waals surface area contributed by atoms with E-state index >= 15 is 0 Å². The Labute approximate surface area is 123 Å². The Morgan fingerprint density at radius 1 is 1.58 bits per heavy atom. The van der Waals surface area contributed by atoms with Gasteiger partial charge in [0.2, 0.25) is 0 Å². The van der Waals surface area contributed by atoms with Gasteiger partial charge in [0, 0.05) is 16.4 Å². The monoisotopic (exact) mass is 318 g/mol.